The second-order valence-electron chi connectivity index (χ2n) is 5.23. The van der Waals surface area contributed by atoms with Gasteiger partial charge in [-0.15, -0.1) is 0 Å². The summed E-state index contributed by atoms with van der Waals surface area (Å²) in [4.78, 5) is 2.53. The van der Waals surface area contributed by atoms with Gasteiger partial charge in [0.1, 0.15) is 0 Å². The van der Waals surface area contributed by atoms with E-state index in [1.54, 1.807) is 0 Å². The van der Waals surface area contributed by atoms with Gasteiger partial charge in [-0.3, -0.25) is 0 Å². The molecule has 0 aromatic rings. The van der Waals surface area contributed by atoms with E-state index in [1.807, 2.05) is 0 Å². The van der Waals surface area contributed by atoms with Crippen molar-refractivity contribution in [2.24, 2.45) is 11.7 Å². The van der Waals surface area contributed by atoms with Gasteiger partial charge in [0, 0.05) is 18.1 Å². The maximum Gasteiger partial charge on any atom is 0.0110 e. The summed E-state index contributed by atoms with van der Waals surface area (Å²) in [6.45, 7) is 6.92. The quantitative estimate of drug-likeness (QED) is 0.753. The highest BCUT2D eigenvalue weighted by molar-refractivity contribution is 4.83. The molecule has 2 nitrogen and oxygen atoms in total. The molecule has 0 bridgehead atoms. The van der Waals surface area contributed by atoms with Gasteiger partial charge in [0.15, 0.2) is 0 Å². The highest BCUT2D eigenvalue weighted by Gasteiger charge is 2.26. The van der Waals surface area contributed by atoms with E-state index >= 15 is 0 Å². The zero-order chi connectivity index (χ0) is 10.7. The minimum absolute atomic E-state index is 0.440. The molecule has 0 aromatic heterocycles. The van der Waals surface area contributed by atoms with Gasteiger partial charge in [0.2, 0.25) is 0 Å². The average Bonchev–Trinajstić information content (AvgIpc) is 2.15. The Labute approximate surface area is 88.8 Å². The van der Waals surface area contributed by atoms with Gasteiger partial charge in [-0.25, -0.2) is 0 Å². The topological polar surface area (TPSA) is 29.3 Å². The van der Waals surface area contributed by atoms with Crippen LogP contribution in [0.25, 0.3) is 0 Å². The van der Waals surface area contributed by atoms with Crippen molar-refractivity contribution in [2.75, 3.05) is 7.05 Å². The highest BCUT2D eigenvalue weighted by atomic mass is 15.2. The summed E-state index contributed by atoms with van der Waals surface area (Å²) in [5.41, 5.74) is 6.01. The minimum atomic E-state index is 0.440. The SMILES string of the molecule is CC(C)C(C)N(C)C1CCCC(N)C1. The molecule has 0 heterocycles. The lowest BCUT2D eigenvalue weighted by Gasteiger charge is -2.39. The Morgan fingerprint density at radius 3 is 2.36 bits per heavy atom. The molecule has 1 aliphatic carbocycles. The highest BCUT2D eigenvalue weighted by Crippen LogP contribution is 2.24. The summed E-state index contributed by atoms with van der Waals surface area (Å²) in [5.74, 6) is 0.734. The summed E-state index contributed by atoms with van der Waals surface area (Å²) < 4.78 is 0. The van der Waals surface area contributed by atoms with E-state index in [4.69, 9.17) is 5.73 Å². The van der Waals surface area contributed by atoms with E-state index < -0.39 is 0 Å². The van der Waals surface area contributed by atoms with Crippen LogP contribution in [0.15, 0.2) is 0 Å². The lowest BCUT2D eigenvalue weighted by atomic mass is 9.89. The normalized spacial score (nSPS) is 31.1. The first-order valence-electron chi connectivity index (χ1n) is 6.00. The number of rotatable bonds is 3. The van der Waals surface area contributed by atoms with E-state index in [0.717, 1.165) is 12.0 Å². The molecule has 0 amide bonds. The average molecular weight is 198 g/mol. The molecule has 0 aliphatic heterocycles. The molecule has 1 fully saturated rings. The molecule has 1 saturated carbocycles. The Bertz CT molecular complexity index is 168. The largest absolute Gasteiger partial charge is 0.328 e. The Balaban J connectivity index is 2.46. The van der Waals surface area contributed by atoms with Gasteiger partial charge >= 0.3 is 0 Å². The predicted octanol–water partition coefficient (Wildman–Crippen LogP) is 2.23. The molecule has 3 atom stereocenters. The molecule has 2 heteroatoms. The second kappa shape index (κ2) is 5.13. The van der Waals surface area contributed by atoms with Gasteiger partial charge in [0.25, 0.3) is 0 Å². The predicted molar refractivity (Wildman–Crippen MR) is 62.3 cm³/mol. The fourth-order valence-electron chi connectivity index (χ4n) is 2.37. The van der Waals surface area contributed by atoms with E-state index in [0.29, 0.717) is 12.1 Å². The monoisotopic (exact) mass is 198 g/mol. The van der Waals surface area contributed by atoms with Gasteiger partial charge in [0.05, 0.1) is 0 Å². The summed E-state index contributed by atoms with van der Waals surface area (Å²) in [6, 6.07) is 1.83. The Morgan fingerprint density at radius 1 is 1.21 bits per heavy atom. The van der Waals surface area contributed by atoms with Gasteiger partial charge in [-0.1, -0.05) is 20.3 Å². The van der Waals surface area contributed by atoms with Crippen LogP contribution in [0.4, 0.5) is 0 Å². The third kappa shape index (κ3) is 2.96. The minimum Gasteiger partial charge on any atom is -0.328 e. The van der Waals surface area contributed by atoms with E-state index in [9.17, 15) is 0 Å². The van der Waals surface area contributed by atoms with Crippen LogP contribution in [0, 0.1) is 5.92 Å². The third-order valence-corrected chi connectivity index (χ3v) is 3.87. The number of nitrogens with two attached hydrogens (primary N) is 1. The third-order valence-electron chi connectivity index (χ3n) is 3.87. The molecule has 1 rings (SSSR count). The van der Waals surface area contributed by atoms with Gasteiger partial charge < -0.3 is 10.6 Å². The molecule has 0 radical (unpaired) electrons. The first-order valence-corrected chi connectivity index (χ1v) is 6.00. The molecule has 14 heavy (non-hydrogen) atoms. The van der Waals surface area contributed by atoms with Crippen LogP contribution in [0.2, 0.25) is 0 Å². The van der Waals surface area contributed by atoms with Crippen LogP contribution in [-0.2, 0) is 0 Å². The summed E-state index contributed by atoms with van der Waals surface area (Å²) >= 11 is 0. The van der Waals surface area contributed by atoms with E-state index in [2.05, 4.69) is 32.7 Å². The zero-order valence-electron chi connectivity index (χ0n) is 10.2. The van der Waals surface area contributed by atoms with E-state index in [-0.39, 0.29) is 0 Å². The maximum absolute atomic E-state index is 6.01. The lowest BCUT2D eigenvalue weighted by molar-refractivity contribution is 0.112. The Kier molecular flexibility index (Phi) is 4.39. The standard InChI is InChI=1S/C12H26N2/c1-9(2)10(3)14(4)12-7-5-6-11(13)8-12/h9-12H,5-8,13H2,1-4H3. The van der Waals surface area contributed by atoms with Crippen molar-refractivity contribution in [3.63, 3.8) is 0 Å². The molecule has 0 saturated heterocycles. The molecular formula is C12H26N2. The van der Waals surface area contributed by atoms with Crippen LogP contribution in [0.1, 0.15) is 46.5 Å². The van der Waals surface area contributed by atoms with Crippen LogP contribution in [0.5, 0.6) is 0 Å². The number of nitrogens with zero attached hydrogens (tertiary/aromatic N) is 1. The van der Waals surface area contributed by atoms with E-state index in [1.165, 1.54) is 25.7 Å². The van der Waals surface area contributed by atoms with Crippen LogP contribution < -0.4 is 5.73 Å². The molecule has 1 aliphatic rings. The first-order chi connectivity index (χ1) is 6.52. The van der Waals surface area contributed by atoms with Crippen molar-refractivity contribution in [3.8, 4) is 0 Å². The number of hydrogen-bond donors (Lipinski definition) is 1. The summed E-state index contributed by atoms with van der Waals surface area (Å²) in [5, 5.41) is 0. The molecule has 84 valence electrons. The van der Waals surface area contributed by atoms with Crippen LogP contribution in [-0.4, -0.2) is 30.1 Å². The molecule has 0 spiro atoms. The lowest BCUT2D eigenvalue weighted by Crippen LogP contribution is -2.46. The summed E-state index contributed by atoms with van der Waals surface area (Å²) in [7, 11) is 2.26. The van der Waals surface area contributed by atoms with Gasteiger partial charge in [-0.05, 0) is 39.2 Å². The molecule has 2 N–H and O–H groups in total. The van der Waals surface area contributed by atoms with Crippen molar-refractivity contribution < 1.29 is 0 Å². The van der Waals surface area contributed by atoms with Gasteiger partial charge in [-0.2, -0.15) is 0 Å². The zero-order valence-corrected chi connectivity index (χ0v) is 10.2. The van der Waals surface area contributed by atoms with Crippen molar-refractivity contribution in [1.82, 2.24) is 4.90 Å². The molecule has 3 unspecified atom stereocenters. The summed E-state index contributed by atoms with van der Waals surface area (Å²) in [6.07, 6.45) is 5.05. The Morgan fingerprint density at radius 2 is 1.86 bits per heavy atom. The number of hydrogen-bond acceptors (Lipinski definition) is 2. The Hall–Kier alpha value is -0.0800. The van der Waals surface area contributed by atoms with Crippen LogP contribution in [0.3, 0.4) is 0 Å². The van der Waals surface area contributed by atoms with Crippen molar-refractivity contribution in [3.05, 3.63) is 0 Å². The first kappa shape index (κ1) is 12.0. The fourth-order valence-corrected chi connectivity index (χ4v) is 2.37. The van der Waals surface area contributed by atoms with Crippen molar-refractivity contribution in [2.45, 2.75) is 64.6 Å². The van der Waals surface area contributed by atoms with Crippen LogP contribution >= 0.6 is 0 Å². The second-order valence-corrected chi connectivity index (χ2v) is 5.23. The smallest absolute Gasteiger partial charge is 0.0110 e. The maximum atomic E-state index is 6.01. The fraction of sp³-hybridized carbons (Fsp3) is 1.00. The van der Waals surface area contributed by atoms with Crippen molar-refractivity contribution in [1.29, 1.82) is 0 Å². The van der Waals surface area contributed by atoms with Crippen molar-refractivity contribution >= 4 is 0 Å². The molecule has 0 aromatic carbocycles. The molecular weight excluding hydrogens is 172 g/mol.